The van der Waals surface area contributed by atoms with Gasteiger partial charge in [-0.15, -0.1) is 0 Å². The lowest BCUT2D eigenvalue weighted by Crippen LogP contribution is -2.40. The molecular weight excluding hydrogens is 196 g/mol. The molecule has 2 nitrogen and oxygen atoms in total. The van der Waals surface area contributed by atoms with E-state index in [1.165, 1.54) is 5.56 Å². The van der Waals surface area contributed by atoms with Gasteiger partial charge in [0.1, 0.15) is 0 Å². The molecule has 0 heterocycles. The minimum Gasteiger partial charge on any atom is -0.309 e. The van der Waals surface area contributed by atoms with Gasteiger partial charge in [0.05, 0.1) is 0 Å². The highest BCUT2D eigenvalue weighted by Gasteiger charge is 2.22. The first-order valence-electron chi connectivity index (χ1n) is 6.15. The van der Waals surface area contributed by atoms with Crippen LogP contribution >= 0.6 is 0 Å². The van der Waals surface area contributed by atoms with Crippen molar-refractivity contribution in [2.24, 2.45) is 0 Å². The molecule has 1 aromatic rings. The molecule has 0 amide bonds. The first-order valence-corrected chi connectivity index (χ1v) is 6.15. The summed E-state index contributed by atoms with van der Waals surface area (Å²) in [5.41, 5.74) is 1.38. The molecular formula is C14H24N2. The van der Waals surface area contributed by atoms with E-state index in [0.29, 0.717) is 12.1 Å². The van der Waals surface area contributed by atoms with Crippen LogP contribution in [0, 0.1) is 0 Å². The molecule has 90 valence electrons. The third-order valence-electron chi connectivity index (χ3n) is 3.05. The minimum absolute atomic E-state index is 0.422. The fraction of sp³-hybridized carbons (Fsp3) is 0.571. The highest BCUT2D eigenvalue weighted by atomic mass is 15.1. The van der Waals surface area contributed by atoms with Crippen molar-refractivity contribution in [3.05, 3.63) is 35.9 Å². The molecule has 0 aliphatic heterocycles. The van der Waals surface area contributed by atoms with Crippen molar-refractivity contribution in [1.29, 1.82) is 0 Å². The van der Waals surface area contributed by atoms with Gasteiger partial charge in [0.2, 0.25) is 0 Å². The molecule has 2 unspecified atom stereocenters. The number of nitrogens with one attached hydrogen (secondary N) is 1. The average molecular weight is 220 g/mol. The molecule has 1 rings (SSSR count). The second-order valence-electron chi connectivity index (χ2n) is 4.39. The lowest BCUT2D eigenvalue weighted by atomic mass is 9.96. The Hall–Kier alpha value is -0.860. The fourth-order valence-corrected chi connectivity index (χ4v) is 2.26. The van der Waals surface area contributed by atoms with Gasteiger partial charge in [-0.2, -0.15) is 0 Å². The van der Waals surface area contributed by atoms with Crippen LogP contribution < -0.4 is 5.32 Å². The summed E-state index contributed by atoms with van der Waals surface area (Å²) in [6, 6.07) is 11.7. The Balaban J connectivity index is 2.89. The molecule has 1 aromatic carbocycles. The average Bonchev–Trinajstić information content (AvgIpc) is 2.29. The van der Waals surface area contributed by atoms with Crippen LogP contribution in [0.4, 0.5) is 0 Å². The second-order valence-corrected chi connectivity index (χ2v) is 4.39. The summed E-state index contributed by atoms with van der Waals surface area (Å²) in [5.74, 6) is 0. The van der Waals surface area contributed by atoms with E-state index in [1.807, 2.05) is 0 Å². The number of rotatable bonds is 6. The van der Waals surface area contributed by atoms with Gasteiger partial charge in [0.25, 0.3) is 0 Å². The van der Waals surface area contributed by atoms with Crippen molar-refractivity contribution in [1.82, 2.24) is 10.2 Å². The summed E-state index contributed by atoms with van der Waals surface area (Å²) in [4.78, 5) is 2.31. The van der Waals surface area contributed by atoms with Crippen molar-refractivity contribution in [3.63, 3.8) is 0 Å². The minimum atomic E-state index is 0.422. The van der Waals surface area contributed by atoms with Crippen molar-refractivity contribution in [3.8, 4) is 0 Å². The third kappa shape index (κ3) is 3.32. The first kappa shape index (κ1) is 13.2. The Labute approximate surface area is 99.7 Å². The highest BCUT2D eigenvalue weighted by Crippen LogP contribution is 2.21. The van der Waals surface area contributed by atoms with E-state index in [4.69, 9.17) is 0 Å². The van der Waals surface area contributed by atoms with E-state index < -0.39 is 0 Å². The summed E-state index contributed by atoms with van der Waals surface area (Å²) in [7, 11) is 4.31. The van der Waals surface area contributed by atoms with Crippen LogP contribution in [-0.4, -0.2) is 31.6 Å². The maximum atomic E-state index is 3.59. The van der Waals surface area contributed by atoms with Gasteiger partial charge in [-0.1, -0.05) is 44.2 Å². The number of benzene rings is 1. The molecule has 0 aromatic heterocycles. The van der Waals surface area contributed by atoms with Gasteiger partial charge >= 0.3 is 0 Å². The van der Waals surface area contributed by atoms with Crippen molar-refractivity contribution < 1.29 is 0 Å². The summed E-state index contributed by atoms with van der Waals surface area (Å²) in [5, 5.41) is 3.59. The van der Waals surface area contributed by atoms with Crippen molar-refractivity contribution in [2.75, 3.05) is 20.6 Å². The van der Waals surface area contributed by atoms with Crippen molar-refractivity contribution in [2.45, 2.75) is 32.4 Å². The zero-order chi connectivity index (χ0) is 12.0. The summed E-state index contributed by atoms with van der Waals surface area (Å²) < 4.78 is 0. The molecule has 0 aliphatic rings. The maximum Gasteiger partial charge on any atom is 0.0477 e. The monoisotopic (exact) mass is 220 g/mol. The summed E-state index contributed by atoms with van der Waals surface area (Å²) >= 11 is 0. The number of likely N-dealkylation sites (N-methyl/N-ethyl adjacent to an activating group) is 2. The Kier molecular flexibility index (Phi) is 5.50. The van der Waals surface area contributed by atoms with E-state index in [9.17, 15) is 0 Å². The van der Waals surface area contributed by atoms with E-state index in [0.717, 1.165) is 13.0 Å². The maximum absolute atomic E-state index is 3.59. The van der Waals surface area contributed by atoms with E-state index in [1.54, 1.807) is 0 Å². The normalized spacial score (nSPS) is 15.1. The quantitative estimate of drug-likeness (QED) is 0.793. The molecule has 0 saturated heterocycles. The predicted molar refractivity (Wildman–Crippen MR) is 70.6 cm³/mol. The number of hydrogen-bond donors (Lipinski definition) is 1. The van der Waals surface area contributed by atoms with Gasteiger partial charge in [-0.25, -0.2) is 0 Å². The van der Waals surface area contributed by atoms with Crippen LogP contribution in [-0.2, 0) is 0 Å². The van der Waals surface area contributed by atoms with Crippen LogP contribution in [0.3, 0.4) is 0 Å². The zero-order valence-electron chi connectivity index (χ0n) is 10.9. The molecule has 0 spiro atoms. The van der Waals surface area contributed by atoms with E-state index in [-0.39, 0.29) is 0 Å². The van der Waals surface area contributed by atoms with Crippen molar-refractivity contribution >= 4 is 0 Å². The summed E-state index contributed by atoms with van der Waals surface area (Å²) in [6.45, 7) is 5.42. The lowest BCUT2D eigenvalue weighted by Gasteiger charge is -2.32. The smallest absolute Gasteiger partial charge is 0.0477 e. The lowest BCUT2D eigenvalue weighted by molar-refractivity contribution is 0.224. The first-order chi connectivity index (χ1) is 7.70. The molecule has 1 N–H and O–H groups in total. The Morgan fingerprint density at radius 3 is 2.19 bits per heavy atom. The SMILES string of the molecule is CCNC(c1ccccc1)C(CC)N(C)C. The number of nitrogens with zero attached hydrogens (tertiary/aromatic N) is 1. The molecule has 0 saturated carbocycles. The Morgan fingerprint density at radius 1 is 1.12 bits per heavy atom. The molecule has 0 bridgehead atoms. The number of hydrogen-bond acceptors (Lipinski definition) is 2. The standard InChI is InChI=1S/C14H24N2/c1-5-13(16(3)4)14(15-6-2)12-10-8-7-9-11-12/h7-11,13-15H,5-6H2,1-4H3. The molecule has 0 aliphatic carbocycles. The van der Waals surface area contributed by atoms with Crippen LogP contribution in [0.2, 0.25) is 0 Å². The zero-order valence-corrected chi connectivity index (χ0v) is 10.9. The van der Waals surface area contributed by atoms with Gasteiger partial charge < -0.3 is 10.2 Å². The molecule has 16 heavy (non-hydrogen) atoms. The van der Waals surface area contributed by atoms with E-state index >= 15 is 0 Å². The van der Waals surface area contributed by atoms with E-state index in [2.05, 4.69) is 68.5 Å². The third-order valence-corrected chi connectivity index (χ3v) is 3.05. The van der Waals surface area contributed by atoms with Crippen LogP contribution in [0.5, 0.6) is 0 Å². The van der Waals surface area contributed by atoms with Crippen LogP contribution in [0.1, 0.15) is 31.9 Å². The van der Waals surface area contributed by atoms with Gasteiger partial charge in [-0.3, -0.25) is 0 Å². The van der Waals surface area contributed by atoms with Crippen LogP contribution in [0.25, 0.3) is 0 Å². The van der Waals surface area contributed by atoms with Gasteiger partial charge in [0, 0.05) is 12.1 Å². The largest absolute Gasteiger partial charge is 0.309 e. The highest BCUT2D eigenvalue weighted by molar-refractivity contribution is 5.20. The van der Waals surface area contributed by atoms with Gasteiger partial charge in [0.15, 0.2) is 0 Å². The van der Waals surface area contributed by atoms with Gasteiger partial charge in [-0.05, 0) is 32.6 Å². The fourth-order valence-electron chi connectivity index (χ4n) is 2.26. The predicted octanol–water partition coefficient (Wildman–Crippen LogP) is 2.68. The molecule has 2 atom stereocenters. The Bertz CT molecular complexity index is 282. The van der Waals surface area contributed by atoms with Crippen LogP contribution in [0.15, 0.2) is 30.3 Å². The Morgan fingerprint density at radius 2 is 1.75 bits per heavy atom. The second kappa shape index (κ2) is 6.66. The topological polar surface area (TPSA) is 15.3 Å². The summed E-state index contributed by atoms with van der Waals surface area (Å²) in [6.07, 6.45) is 1.15. The molecule has 2 heteroatoms. The molecule has 0 fully saturated rings. The molecule has 0 radical (unpaired) electrons.